The van der Waals surface area contributed by atoms with Crippen molar-refractivity contribution in [3.05, 3.63) is 24.8 Å². The van der Waals surface area contributed by atoms with Crippen molar-refractivity contribution in [2.75, 3.05) is 0 Å². The van der Waals surface area contributed by atoms with Gasteiger partial charge in [0.2, 0.25) is 5.91 Å². The highest BCUT2D eigenvalue weighted by Crippen LogP contribution is 2.27. The summed E-state index contributed by atoms with van der Waals surface area (Å²) in [6.45, 7) is 10.9. The molecule has 1 saturated heterocycles. The van der Waals surface area contributed by atoms with Gasteiger partial charge in [0.05, 0.1) is 18.2 Å². The van der Waals surface area contributed by atoms with E-state index < -0.39 is 6.10 Å². The van der Waals surface area contributed by atoms with Crippen LogP contribution in [0.5, 0.6) is 0 Å². The molecule has 0 aromatic rings. The monoisotopic (exact) mass is 309 g/mol. The van der Waals surface area contributed by atoms with E-state index >= 15 is 0 Å². The molecule has 0 aromatic carbocycles. The van der Waals surface area contributed by atoms with Gasteiger partial charge in [-0.25, -0.2) is 0 Å². The van der Waals surface area contributed by atoms with Crippen LogP contribution in [0.1, 0.15) is 40.5 Å². The smallest absolute Gasteiger partial charge is 0.303 e. The zero-order chi connectivity index (χ0) is 16.7. The van der Waals surface area contributed by atoms with E-state index in [0.717, 1.165) is 12.8 Å². The summed E-state index contributed by atoms with van der Waals surface area (Å²) in [4.78, 5) is 22.7. The summed E-state index contributed by atoms with van der Waals surface area (Å²) < 4.78 is 10.9. The van der Waals surface area contributed by atoms with Crippen molar-refractivity contribution in [2.24, 2.45) is 5.92 Å². The average molecular weight is 309 g/mol. The van der Waals surface area contributed by atoms with Gasteiger partial charge in [0.15, 0.2) is 0 Å². The molecule has 0 aromatic heterocycles. The van der Waals surface area contributed by atoms with Gasteiger partial charge in [-0.1, -0.05) is 13.0 Å². The molecule has 1 N–H and O–H groups in total. The third-order valence-corrected chi connectivity index (χ3v) is 3.81. The van der Waals surface area contributed by atoms with Gasteiger partial charge in [0.25, 0.3) is 0 Å². The predicted molar refractivity (Wildman–Crippen MR) is 85.2 cm³/mol. The molecule has 0 saturated carbocycles. The first kappa shape index (κ1) is 18.4. The first-order valence-electron chi connectivity index (χ1n) is 7.75. The van der Waals surface area contributed by atoms with E-state index in [2.05, 4.69) is 18.8 Å². The Balaban J connectivity index is 2.49. The molecule has 5 atom stereocenters. The molecular formula is C17H27NO4. The van der Waals surface area contributed by atoms with Crippen molar-refractivity contribution in [1.29, 1.82) is 0 Å². The Labute approximate surface area is 132 Å². The van der Waals surface area contributed by atoms with Gasteiger partial charge in [-0.15, -0.1) is 6.58 Å². The van der Waals surface area contributed by atoms with Gasteiger partial charge in [-0.3, -0.25) is 9.59 Å². The lowest BCUT2D eigenvalue weighted by atomic mass is 9.88. The maximum atomic E-state index is 12.0. The van der Waals surface area contributed by atoms with Crippen molar-refractivity contribution < 1.29 is 19.1 Å². The van der Waals surface area contributed by atoms with Crippen LogP contribution in [-0.4, -0.2) is 36.2 Å². The molecule has 22 heavy (non-hydrogen) atoms. The topological polar surface area (TPSA) is 64.6 Å². The largest absolute Gasteiger partial charge is 0.459 e. The van der Waals surface area contributed by atoms with Crippen molar-refractivity contribution >= 4 is 11.9 Å². The van der Waals surface area contributed by atoms with Crippen LogP contribution in [0.4, 0.5) is 0 Å². The maximum Gasteiger partial charge on any atom is 0.303 e. The summed E-state index contributed by atoms with van der Waals surface area (Å²) in [5, 5.41) is 2.95. The first-order valence-corrected chi connectivity index (χ1v) is 7.75. The summed E-state index contributed by atoms with van der Waals surface area (Å²) >= 11 is 0. The second-order valence-electron chi connectivity index (χ2n) is 5.91. The minimum Gasteiger partial charge on any atom is -0.459 e. The molecule has 1 amide bonds. The molecule has 124 valence electrons. The molecule has 5 heteroatoms. The van der Waals surface area contributed by atoms with E-state index in [1.54, 1.807) is 13.0 Å². The first-order chi connectivity index (χ1) is 10.3. The second-order valence-corrected chi connectivity index (χ2v) is 5.91. The van der Waals surface area contributed by atoms with Gasteiger partial charge >= 0.3 is 5.97 Å². The molecule has 1 heterocycles. The van der Waals surface area contributed by atoms with E-state index in [0.29, 0.717) is 5.92 Å². The van der Waals surface area contributed by atoms with E-state index in [4.69, 9.17) is 9.47 Å². The van der Waals surface area contributed by atoms with Gasteiger partial charge in [-0.2, -0.15) is 0 Å². The van der Waals surface area contributed by atoms with Crippen LogP contribution >= 0.6 is 0 Å². The fourth-order valence-corrected chi connectivity index (χ4v) is 2.63. The lowest BCUT2D eigenvalue weighted by Crippen LogP contribution is -2.50. The maximum absolute atomic E-state index is 12.0. The van der Waals surface area contributed by atoms with E-state index in [-0.39, 0.29) is 30.1 Å². The molecular weight excluding hydrogens is 282 g/mol. The number of hydrogen-bond acceptors (Lipinski definition) is 4. The fraction of sp³-hybridized carbons (Fsp3) is 0.647. The third kappa shape index (κ3) is 6.02. The quantitative estimate of drug-likeness (QED) is 0.465. The molecule has 1 rings (SSSR count). The standard InChI is InChI=1S/C17H27NO4/c1-6-7-16-11(2)10-15(13(4)22-16)18-17(20)9-8-12(3)21-14(5)19/h6,8-9,11-13,15-16H,1,7,10H2,2-5H3,(H,18,20)/b9-8-/t11-,12+,13-,15-,16+/m1/s1. The SMILES string of the molecule is C=CC[C@@H]1O[C@H](C)[C@H](NC(=O)/C=C\[C@H](C)OC(C)=O)C[C@H]1C. The Morgan fingerprint density at radius 3 is 2.73 bits per heavy atom. The molecule has 0 aliphatic carbocycles. The highest BCUT2D eigenvalue weighted by atomic mass is 16.5. The summed E-state index contributed by atoms with van der Waals surface area (Å²) in [5.41, 5.74) is 0. The molecule has 0 radical (unpaired) electrons. The van der Waals surface area contributed by atoms with Crippen LogP contribution in [0.3, 0.4) is 0 Å². The lowest BCUT2D eigenvalue weighted by Gasteiger charge is -2.39. The summed E-state index contributed by atoms with van der Waals surface area (Å²) in [6.07, 6.45) is 6.25. The molecule has 0 bridgehead atoms. The normalized spacial score (nSPS) is 29.8. The number of esters is 1. The number of hydrogen-bond donors (Lipinski definition) is 1. The van der Waals surface area contributed by atoms with Crippen molar-refractivity contribution in [3.8, 4) is 0 Å². The number of nitrogens with one attached hydrogen (secondary N) is 1. The minimum absolute atomic E-state index is 0.0164. The number of rotatable bonds is 6. The molecule has 0 spiro atoms. The summed E-state index contributed by atoms with van der Waals surface area (Å²) in [5.74, 6) is -0.203. The zero-order valence-electron chi connectivity index (χ0n) is 13.9. The van der Waals surface area contributed by atoms with E-state index in [9.17, 15) is 9.59 Å². The predicted octanol–water partition coefficient (Wildman–Crippen LogP) is 2.37. The highest BCUT2D eigenvalue weighted by Gasteiger charge is 2.33. The molecule has 1 aliphatic rings. The Bertz CT molecular complexity index is 432. The van der Waals surface area contributed by atoms with Crippen LogP contribution in [0.15, 0.2) is 24.8 Å². The molecule has 1 aliphatic heterocycles. The fourth-order valence-electron chi connectivity index (χ4n) is 2.63. The molecule has 5 nitrogen and oxygen atoms in total. The summed E-state index contributed by atoms with van der Waals surface area (Å²) in [6, 6.07) is -0.0164. The Morgan fingerprint density at radius 2 is 2.14 bits per heavy atom. The second kappa shape index (κ2) is 8.73. The average Bonchev–Trinajstić information content (AvgIpc) is 2.41. The number of amides is 1. The summed E-state index contributed by atoms with van der Waals surface area (Å²) in [7, 11) is 0. The van der Waals surface area contributed by atoms with E-state index in [1.807, 2.05) is 13.0 Å². The van der Waals surface area contributed by atoms with Gasteiger partial charge in [-0.05, 0) is 38.7 Å². The zero-order valence-corrected chi connectivity index (χ0v) is 13.9. The van der Waals surface area contributed by atoms with Crippen molar-refractivity contribution in [1.82, 2.24) is 5.32 Å². The number of carbonyl (C=O) groups is 2. The van der Waals surface area contributed by atoms with Gasteiger partial charge in [0.1, 0.15) is 6.10 Å². The van der Waals surface area contributed by atoms with Gasteiger partial charge in [0, 0.05) is 13.0 Å². The van der Waals surface area contributed by atoms with Crippen molar-refractivity contribution in [2.45, 2.75) is 64.9 Å². The van der Waals surface area contributed by atoms with E-state index in [1.165, 1.54) is 13.0 Å². The van der Waals surface area contributed by atoms with Crippen LogP contribution in [0, 0.1) is 5.92 Å². The molecule has 1 fully saturated rings. The van der Waals surface area contributed by atoms with Crippen LogP contribution in [-0.2, 0) is 19.1 Å². The Kier molecular flexibility index (Phi) is 7.32. The number of ether oxygens (including phenoxy) is 2. The lowest BCUT2D eigenvalue weighted by molar-refractivity contribution is -0.143. The number of carbonyl (C=O) groups excluding carboxylic acids is 2. The van der Waals surface area contributed by atoms with Crippen LogP contribution in [0.2, 0.25) is 0 Å². The van der Waals surface area contributed by atoms with Gasteiger partial charge < -0.3 is 14.8 Å². The highest BCUT2D eigenvalue weighted by molar-refractivity contribution is 5.87. The van der Waals surface area contributed by atoms with Crippen LogP contribution < -0.4 is 5.32 Å². The molecule has 0 unspecified atom stereocenters. The Morgan fingerprint density at radius 1 is 1.45 bits per heavy atom. The third-order valence-electron chi connectivity index (χ3n) is 3.81. The Hall–Kier alpha value is -1.62. The van der Waals surface area contributed by atoms with Crippen molar-refractivity contribution in [3.63, 3.8) is 0 Å². The minimum atomic E-state index is -0.417. The van der Waals surface area contributed by atoms with Crippen LogP contribution in [0.25, 0.3) is 0 Å².